The van der Waals surface area contributed by atoms with Gasteiger partial charge in [0.2, 0.25) is 0 Å². The molecule has 100 valence electrons. The molecule has 0 aliphatic rings. The molecule has 1 aromatic carbocycles. The minimum absolute atomic E-state index is 0.0353. The number of nitrogens with one attached hydrogen (secondary N) is 1. The Kier molecular flexibility index (Phi) is 6.63. The molecule has 0 saturated carbocycles. The maximum Gasteiger partial charge on any atom is 0.251 e. The fourth-order valence-electron chi connectivity index (χ4n) is 1.53. The van der Waals surface area contributed by atoms with Crippen molar-refractivity contribution in [2.24, 2.45) is 5.92 Å². The Morgan fingerprint density at radius 3 is 2.72 bits per heavy atom. The monoisotopic (exact) mass is 361 g/mol. The Morgan fingerprint density at radius 1 is 1.44 bits per heavy atom. The molecule has 1 atom stereocenters. The molecule has 0 aliphatic carbocycles. The first kappa shape index (κ1) is 15.4. The molecule has 0 aliphatic heterocycles. The Balaban J connectivity index is 2.66. The number of ether oxygens (including phenoxy) is 1. The molecular weight excluding hydrogens is 341 g/mol. The lowest BCUT2D eigenvalue weighted by atomic mass is 10.0. The highest BCUT2D eigenvalue weighted by atomic mass is 127. The average molecular weight is 361 g/mol. The largest absolute Gasteiger partial charge is 0.380 e. The van der Waals surface area contributed by atoms with Gasteiger partial charge in [0.25, 0.3) is 5.91 Å². The summed E-state index contributed by atoms with van der Waals surface area (Å²) in [6.07, 6.45) is 0. The van der Waals surface area contributed by atoms with Crippen LogP contribution in [-0.2, 0) is 4.74 Å². The SMILES string of the molecule is CCOCC(NC(=O)c1cccc(I)c1)C(C)C. The third-order valence-electron chi connectivity index (χ3n) is 2.71. The molecule has 1 N–H and O–H groups in total. The van der Waals surface area contributed by atoms with Crippen LogP contribution in [0.15, 0.2) is 24.3 Å². The highest BCUT2D eigenvalue weighted by Gasteiger charge is 2.17. The fourth-order valence-corrected chi connectivity index (χ4v) is 2.07. The molecular formula is C14H20INO2. The Hall–Kier alpha value is -0.620. The van der Waals surface area contributed by atoms with E-state index in [9.17, 15) is 4.79 Å². The van der Waals surface area contributed by atoms with Gasteiger partial charge in [0.15, 0.2) is 0 Å². The van der Waals surface area contributed by atoms with Gasteiger partial charge in [-0.2, -0.15) is 0 Å². The summed E-state index contributed by atoms with van der Waals surface area (Å²) in [5, 5.41) is 3.03. The van der Waals surface area contributed by atoms with Crippen LogP contribution >= 0.6 is 22.6 Å². The zero-order chi connectivity index (χ0) is 13.5. The van der Waals surface area contributed by atoms with E-state index in [-0.39, 0.29) is 11.9 Å². The van der Waals surface area contributed by atoms with E-state index < -0.39 is 0 Å². The molecule has 18 heavy (non-hydrogen) atoms. The van der Waals surface area contributed by atoms with Crippen molar-refractivity contribution in [1.29, 1.82) is 0 Å². The summed E-state index contributed by atoms with van der Waals surface area (Å²) in [6, 6.07) is 7.63. The van der Waals surface area contributed by atoms with Crippen molar-refractivity contribution in [2.75, 3.05) is 13.2 Å². The normalized spacial score (nSPS) is 12.5. The van der Waals surface area contributed by atoms with Crippen LogP contribution < -0.4 is 5.32 Å². The van der Waals surface area contributed by atoms with Gasteiger partial charge in [-0.1, -0.05) is 19.9 Å². The summed E-state index contributed by atoms with van der Waals surface area (Å²) in [6.45, 7) is 7.35. The predicted octanol–water partition coefficient (Wildman–Crippen LogP) is 3.08. The topological polar surface area (TPSA) is 38.3 Å². The highest BCUT2D eigenvalue weighted by Crippen LogP contribution is 2.09. The molecule has 1 rings (SSSR count). The van der Waals surface area contributed by atoms with Crippen molar-refractivity contribution < 1.29 is 9.53 Å². The number of halogens is 1. The average Bonchev–Trinajstić information content (AvgIpc) is 2.33. The first-order valence-electron chi connectivity index (χ1n) is 6.18. The van der Waals surface area contributed by atoms with Crippen LogP contribution in [0.4, 0.5) is 0 Å². The van der Waals surface area contributed by atoms with E-state index in [1.807, 2.05) is 31.2 Å². The van der Waals surface area contributed by atoms with Crippen molar-refractivity contribution in [3.05, 3.63) is 33.4 Å². The Labute approximate surface area is 122 Å². The molecule has 1 amide bonds. The number of hydrogen-bond acceptors (Lipinski definition) is 2. The van der Waals surface area contributed by atoms with E-state index in [2.05, 4.69) is 41.8 Å². The van der Waals surface area contributed by atoms with Crippen molar-refractivity contribution in [1.82, 2.24) is 5.32 Å². The second-order valence-corrected chi connectivity index (χ2v) is 5.74. The summed E-state index contributed by atoms with van der Waals surface area (Å²) in [5.74, 6) is 0.315. The van der Waals surface area contributed by atoms with Gasteiger partial charge in [0.1, 0.15) is 0 Å². The minimum Gasteiger partial charge on any atom is -0.380 e. The Bertz CT molecular complexity index is 393. The van der Waals surface area contributed by atoms with E-state index in [4.69, 9.17) is 4.74 Å². The third-order valence-corrected chi connectivity index (χ3v) is 3.38. The van der Waals surface area contributed by atoms with Gasteiger partial charge in [-0.05, 0) is 53.6 Å². The molecule has 1 aromatic rings. The van der Waals surface area contributed by atoms with Crippen LogP contribution in [0.5, 0.6) is 0 Å². The minimum atomic E-state index is -0.0353. The van der Waals surface area contributed by atoms with E-state index in [1.165, 1.54) is 0 Å². The molecule has 0 bridgehead atoms. The van der Waals surface area contributed by atoms with Crippen LogP contribution in [0, 0.1) is 9.49 Å². The smallest absolute Gasteiger partial charge is 0.251 e. The van der Waals surface area contributed by atoms with Gasteiger partial charge in [-0.15, -0.1) is 0 Å². The summed E-state index contributed by atoms with van der Waals surface area (Å²) < 4.78 is 6.46. The Morgan fingerprint density at radius 2 is 2.17 bits per heavy atom. The standard InChI is InChI=1S/C14H20INO2/c1-4-18-9-13(10(2)3)16-14(17)11-6-5-7-12(15)8-11/h5-8,10,13H,4,9H2,1-3H3,(H,16,17). The first-order chi connectivity index (χ1) is 8.54. The van der Waals surface area contributed by atoms with Crippen molar-refractivity contribution in [3.63, 3.8) is 0 Å². The molecule has 0 fully saturated rings. The van der Waals surface area contributed by atoms with Crippen molar-refractivity contribution >= 4 is 28.5 Å². The van der Waals surface area contributed by atoms with Gasteiger partial charge in [-0.25, -0.2) is 0 Å². The second kappa shape index (κ2) is 7.74. The van der Waals surface area contributed by atoms with Crippen LogP contribution in [-0.4, -0.2) is 25.2 Å². The summed E-state index contributed by atoms with van der Waals surface area (Å²) in [5.41, 5.74) is 0.698. The number of carbonyl (C=O) groups excluding carboxylic acids is 1. The lowest BCUT2D eigenvalue weighted by Crippen LogP contribution is -2.41. The van der Waals surface area contributed by atoms with Crippen LogP contribution in [0.3, 0.4) is 0 Å². The third kappa shape index (κ3) is 4.94. The van der Waals surface area contributed by atoms with Crippen LogP contribution in [0.1, 0.15) is 31.1 Å². The molecule has 0 heterocycles. The molecule has 0 radical (unpaired) electrons. The maximum absolute atomic E-state index is 12.1. The van der Waals surface area contributed by atoms with Gasteiger partial charge in [0.05, 0.1) is 12.6 Å². The molecule has 1 unspecified atom stereocenters. The second-order valence-electron chi connectivity index (χ2n) is 4.49. The highest BCUT2D eigenvalue weighted by molar-refractivity contribution is 14.1. The van der Waals surface area contributed by atoms with Crippen molar-refractivity contribution in [2.45, 2.75) is 26.8 Å². The predicted molar refractivity (Wildman–Crippen MR) is 81.7 cm³/mol. The van der Waals surface area contributed by atoms with Gasteiger partial charge >= 0.3 is 0 Å². The lowest BCUT2D eigenvalue weighted by molar-refractivity contribution is 0.0806. The summed E-state index contributed by atoms with van der Waals surface area (Å²) in [4.78, 5) is 12.1. The molecule has 4 heteroatoms. The summed E-state index contributed by atoms with van der Waals surface area (Å²) in [7, 11) is 0. The van der Waals surface area contributed by atoms with Gasteiger partial charge in [0, 0.05) is 15.7 Å². The van der Waals surface area contributed by atoms with Gasteiger partial charge in [-0.3, -0.25) is 4.79 Å². The van der Waals surface area contributed by atoms with E-state index in [0.29, 0.717) is 24.7 Å². The van der Waals surface area contributed by atoms with Crippen LogP contribution in [0.25, 0.3) is 0 Å². The van der Waals surface area contributed by atoms with E-state index >= 15 is 0 Å². The number of hydrogen-bond donors (Lipinski definition) is 1. The molecule has 0 spiro atoms. The molecule has 0 aromatic heterocycles. The zero-order valence-corrected chi connectivity index (χ0v) is 13.2. The van der Waals surface area contributed by atoms with E-state index in [1.54, 1.807) is 0 Å². The zero-order valence-electron chi connectivity index (χ0n) is 11.1. The maximum atomic E-state index is 12.1. The van der Waals surface area contributed by atoms with Crippen molar-refractivity contribution in [3.8, 4) is 0 Å². The van der Waals surface area contributed by atoms with E-state index in [0.717, 1.165) is 3.57 Å². The lowest BCUT2D eigenvalue weighted by Gasteiger charge is -2.22. The number of carbonyl (C=O) groups is 1. The quantitative estimate of drug-likeness (QED) is 0.791. The number of rotatable bonds is 6. The van der Waals surface area contributed by atoms with Gasteiger partial charge < -0.3 is 10.1 Å². The summed E-state index contributed by atoms with van der Waals surface area (Å²) >= 11 is 2.20. The molecule has 0 saturated heterocycles. The van der Waals surface area contributed by atoms with Crippen LogP contribution in [0.2, 0.25) is 0 Å². The number of benzene rings is 1. The first-order valence-corrected chi connectivity index (χ1v) is 7.26. The fraction of sp³-hybridized carbons (Fsp3) is 0.500. The number of amides is 1. The molecule has 3 nitrogen and oxygen atoms in total.